The van der Waals surface area contributed by atoms with Gasteiger partial charge in [-0.1, -0.05) is 60.7 Å². The number of carbonyl (C=O) groups excluding carboxylic acids is 1. The Morgan fingerprint density at radius 2 is 1.56 bits per heavy atom. The summed E-state index contributed by atoms with van der Waals surface area (Å²) in [5.74, 6) is -1.11. The van der Waals surface area contributed by atoms with E-state index in [1.165, 1.54) is 6.07 Å². The molecule has 136 valence electrons. The molecule has 1 aliphatic heterocycles. The van der Waals surface area contributed by atoms with Crippen LogP contribution in [-0.4, -0.2) is 17.6 Å². The summed E-state index contributed by atoms with van der Waals surface area (Å²) in [5, 5.41) is 13.2. The van der Waals surface area contributed by atoms with Gasteiger partial charge in [-0.25, -0.2) is 0 Å². The average Bonchev–Trinajstić information content (AvgIpc) is 3.11. The van der Waals surface area contributed by atoms with Crippen molar-refractivity contribution in [2.45, 2.75) is 12.7 Å². The normalized spacial score (nSPS) is 14.0. The Kier molecular flexibility index (Phi) is 4.20. The van der Waals surface area contributed by atoms with Gasteiger partial charge < -0.3 is 19.9 Å². The first-order chi connectivity index (χ1) is 13.1. The number of benzene rings is 3. The fourth-order valence-electron chi connectivity index (χ4n) is 3.20. The maximum Gasteiger partial charge on any atom is 0.305 e. The van der Waals surface area contributed by atoms with Gasteiger partial charge in [-0.2, -0.15) is 0 Å². The molecule has 0 spiro atoms. The van der Waals surface area contributed by atoms with Crippen LogP contribution in [0.15, 0.2) is 72.8 Å². The Morgan fingerprint density at radius 1 is 0.963 bits per heavy atom. The van der Waals surface area contributed by atoms with E-state index in [1.807, 2.05) is 67.6 Å². The van der Waals surface area contributed by atoms with Gasteiger partial charge in [-0.3, -0.25) is 4.79 Å². The van der Waals surface area contributed by atoms with Gasteiger partial charge in [-0.15, -0.1) is 0 Å². The quantitative estimate of drug-likeness (QED) is 0.741. The van der Waals surface area contributed by atoms with Gasteiger partial charge in [0.1, 0.15) is 0 Å². The number of carbonyl (C=O) groups is 1. The molecule has 4 rings (SSSR count). The highest BCUT2D eigenvalue weighted by atomic mass is 16.7. The Hall–Kier alpha value is -3.47. The average molecular weight is 361 g/mol. The maximum absolute atomic E-state index is 12.2. The summed E-state index contributed by atoms with van der Waals surface area (Å²) in [6.45, 7) is 2.33. The van der Waals surface area contributed by atoms with Crippen LogP contribution in [-0.2, 0) is 5.79 Å². The first kappa shape index (κ1) is 17.0. The molecule has 27 heavy (non-hydrogen) atoms. The van der Waals surface area contributed by atoms with Crippen molar-refractivity contribution in [3.05, 3.63) is 89.5 Å². The van der Waals surface area contributed by atoms with Crippen molar-refractivity contribution in [2.75, 3.05) is 6.54 Å². The molecule has 0 unspecified atom stereocenters. The van der Waals surface area contributed by atoms with Crippen LogP contribution < -0.4 is 14.8 Å². The van der Waals surface area contributed by atoms with Crippen LogP contribution in [0.4, 0.5) is 0 Å². The van der Waals surface area contributed by atoms with Gasteiger partial charge >= 0.3 is 5.79 Å². The molecule has 0 saturated carbocycles. The van der Waals surface area contributed by atoms with E-state index in [2.05, 4.69) is 5.32 Å². The van der Waals surface area contributed by atoms with Crippen LogP contribution in [0.2, 0.25) is 0 Å². The summed E-state index contributed by atoms with van der Waals surface area (Å²) in [5.41, 5.74) is 1.88. The van der Waals surface area contributed by atoms with E-state index in [-0.39, 0.29) is 17.4 Å². The summed E-state index contributed by atoms with van der Waals surface area (Å²) in [7, 11) is 0. The molecule has 0 radical (unpaired) electrons. The number of hydrogen-bond acceptors (Lipinski definition) is 4. The van der Waals surface area contributed by atoms with E-state index in [0.717, 1.165) is 11.1 Å². The van der Waals surface area contributed by atoms with Crippen LogP contribution >= 0.6 is 0 Å². The smallest absolute Gasteiger partial charge is 0.305 e. The molecule has 1 heterocycles. The number of fused-ring (bicyclic) bond motifs is 1. The number of nitrogens with one attached hydrogen (secondary N) is 1. The van der Waals surface area contributed by atoms with Crippen molar-refractivity contribution in [2.24, 2.45) is 0 Å². The number of hydrogen-bond donors (Lipinski definition) is 2. The lowest BCUT2D eigenvalue weighted by atomic mass is 9.97. The number of phenols is 1. The van der Waals surface area contributed by atoms with Crippen molar-refractivity contribution in [1.29, 1.82) is 0 Å². The van der Waals surface area contributed by atoms with Gasteiger partial charge in [0.25, 0.3) is 5.91 Å². The highest BCUT2D eigenvalue weighted by Crippen LogP contribution is 2.52. The van der Waals surface area contributed by atoms with E-state index >= 15 is 0 Å². The van der Waals surface area contributed by atoms with Crippen molar-refractivity contribution >= 4 is 5.91 Å². The second-order valence-electron chi connectivity index (χ2n) is 6.23. The van der Waals surface area contributed by atoms with Crippen LogP contribution in [0.1, 0.15) is 28.4 Å². The van der Waals surface area contributed by atoms with Crippen molar-refractivity contribution in [3.8, 4) is 17.2 Å². The van der Waals surface area contributed by atoms with Gasteiger partial charge in [0.15, 0.2) is 11.5 Å². The second-order valence-corrected chi connectivity index (χ2v) is 6.23. The summed E-state index contributed by atoms with van der Waals surface area (Å²) in [6.07, 6.45) is 0. The van der Waals surface area contributed by atoms with Gasteiger partial charge in [0, 0.05) is 23.2 Å². The third kappa shape index (κ3) is 2.87. The van der Waals surface area contributed by atoms with Crippen molar-refractivity contribution < 1.29 is 19.4 Å². The fraction of sp³-hybridized carbons (Fsp3) is 0.136. The number of ether oxygens (including phenoxy) is 2. The predicted octanol–water partition coefficient (Wildman–Crippen LogP) is 3.81. The van der Waals surface area contributed by atoms with Gasteiger partial charge in [-0.05, 0) is 19.1 Å². The lowest BCUT2D eigenvalue weighted by Gasteiger charge is -2.28. The topological polar surface area (TPSA) is 67.8 Å². The van der Waals surface area contributed by atoms with Crippen LogP contribution in [0.25, 0.3) is 0 Å². The molecule has 0 fully saturated rings. The number of rotatable bonds is 4. The Balaban J connectivity index is 1.84. The number of phenolic OH excluding ortho intramolecular Hbond substituents is 1. The van der Waals surface area contributed by atoms with E-state index in [1.54, 1.807) is 6.07 Å². The highest BCUT2D eigenvalue weighted by molar-refractivity contribution is 5.95. The zero-order valence-corrected chi connectivity index (χ0v) is 14.8. The lowest BCUT2D eigenvalue weighted by Crippen LogP contribution is -2.36. The van der Waals surface area contributed by atoms with E-state index in [4.69, 9.17) is 9.47 Å². The SMILES string of the molecule is CCNC(=O)c1cc(O)c2c(c1)OC(c1ccccc1)(c1ccccc1)O2. The summed E-state index contributed by atoms with van der Waals surface area (Å²) >= 11 is 0. The number of aromatic hydroxyl groups is 1. The summed E-state index contributed by atoms with van der Waals surface area (Å²) < 4.78 is 12.4. The van der Waals surface area contributed by atoms with Crippen LogP contribution in [0.3, 0.4) is 0 Å². The molecule has 0 aromatic heterocycles. The highest BCUT2D eigenvalue weighted by Gasteiger charge is 2.46. The van der Waals surface area contributed by atoms with Crippen LogP contribution in [0, 0.1) is 0 Å². The van der Waals surface area contributed by atoms with Crippen molar-refractivity contribution in [3.63, 3.8) is 0 Å². The van der Waals surface area contributed by atoms with E-state index < -0.39 is 5.79 Å². The molecule has 5 heteroatoms. The summed E-state index contributed by atoms with van der Waals surface area (Å²) in [6, 6.07) is 22.0. The Labute approximate surface area is 157 Å². The molecule has 0 aliphatic carbocycles. The fourth-order valence-corrected chi connectivity index (χ4v) is 3.20. The van der Waals surface area contributed by atoms with Gasteiger partial charge in [0.05, 0.1) is 0 Å². The molecule has 3 aromatic rings. The first-order valence-corrected chi connectivity index (χ1v) is 8.78. The zero-order chi connectivity index (χ0) is 18.9. The minimum atomic E-state index is -1.23. The Bertz CT molecular complexity index is 931. The first-order valence-electron chi connectivity index (χ1n) is 8.78. The minimum absolute atomic E-state index is 0.137. The van der Waals surface area contributed by atoms with E-state index in [9.17, 15) is 9.90 Å². The molecular formula is C22H19NO4. The molecule has 0 bridgehead atoms. The Morgan fingerprint density at radius 3 is 2.11 bits per heavy atom. The van der Waals surface area contributed by atoms with Crippen LogP contribution in [0.5, 0.6) is 17.2 Å². The molecule has 3 aromatic carbocycles. The standard InChI is InChI=1S/C22H19NO4/c1-2-23-21(25)15-13-18(24)20-19(14-15)26-22(27-20,16-9-5-3-6-10-16)17-11-7-4-8-12-17/h3-14,24H,2H2,1H3,(H,23,25). The number of amides is 1. The molecule has 0 saturated heterocycles. The van der Waals surface area contributed by atoms with E-state index in [0.29, 0.717) is 17.9 Å². The minimum Gasteiger partial charge on any atom is -0.504 e. The van der Waals surface area contributed by atoms with Gasteiger partial charge in [0.2, 0.25) is 5.75 Å². The second kappa shape index (κ2) is 6.68. The van der Waals surface area contributed by atoms with Crippen molar-refractivity contribution in [1.82, 2.24) is 5.32 Å². The maximum atomic E-state index is 12.2. The lowest BCUT2D eigenvalue weighted by molar-refractivity contribution is -0.0467. The largest absolute Gasteiger partial charge is 0.504 e. The molecule has 1 amide bonds. The molecule has 0 atom stereocenters. The molecular weight excluding hydrogens is 342 g/mol. The zero-order valence-electron chi connectivity index (χ0n) is 14.8. The predicted molar refractivity (Wildman–Crippen MR) is 101 cm³/mol. The third-order valence-corrected chi connectivity index (χ3v) is 4.44. The third-order valence-electron chi connectivity index (χ3n) is 4.44. The molecule has 1 aliphatic rings. The molecule has 2 N–H and O–H groups in total. The molecule has 5 nitrogen and oxygen atoms in total. The monoisotopic (exact) mass is 361 g/mol. The summed E-state index contributed by atoms with van der Waals surface area (Å²) in [4.78, 5) is 12.2.